The highest BCUT2D eigenvalue weighted by atomic mass is 19.1. The number of para-hydroxylation sites is 1. The zero-order valence-corrected chi connectivity index (χ0v) is 10.4. The van der Waals surface area contributed by atoms with Crippen LogP contribution in [0.15, 0.2) is 63.8 Å². The Morgan fingerprint density at radius 3 is 2.55 bits per heavy atom. The van der Waals surface area contributed by atoms with Gasteiger partial charge in [-0.15, -0.1) is 0 Å². The fourth-order valence-corrected chi connectivity index (χ4v) is 2.62. The molecule has 2 nitrogen and oxygen atoms in total. The van der Waals surface area contributed by atoms with Crippen LogP contribution in [0.1, 0.15) is 0 Å². The number of rotatable bonds is 0. The zero-order chi connectivity index (χ0) is 13.7. The molecule has 0 unspecified atom stereocenters. The molecule has 3 aromatic carbocycles. The molecule has 0 aliphatic rings. The molecule has 0 saturated carbocycles. The van der Waals surface area contributed by atoms with Crippen LogP contribution in [0.25, 0.3) is 32.7 Å². The van der Waals surface area contributed by atoms with Crippen molar-refractivity contribution in [2.45, 2.75) is 0 Å². The summed E-state index contributed by atoms with van der Waals surface area (Å²) >= 11 is 0. The van der Waals surface area contributed by atoms with Crippen LogP contribution in [0.2, 0.25) is 0 Å². The standard InChI is InChI=1S/C17H9FO2/c18-12-6-3-4-10-8-9-14-16(15(10)12)17(19)11-5-1-2-7-13(11)20-14/h1-9H. The maximum Gasteiger partial charge on any atom is 0.201 e. The molecule has 0 aliphatic heterocycles. The lowest BCUT2D eigenvalue weighted by Crippen LogP contribution is -2.03. The van der Waals surface area contributed by atoms with E-state index in [-0.39, 0.29) is 5.43 Å². The van der Waals surface area contributed by atoms with Crippen molar-refractivity contribution >= 4 is 32.7 Å². The highest BCUT2D eigenvalue weighted by Gasteiger charge is 2.13. The van der Waals surface area contributed by atoms with E-state index in [0.717, 1.165) is 0 Å². The average Bonchev–Trinajstić information content (AvgIpc) is 2.47. The summed E-state index contributed by atoms with van der Waals surface area (Å²) in [4.78, 5) is 12.6. The van der Waals surface area contributed by atoms with Gasteiger partial charge in [0.1, 0.15) is 17.0 Å². The lowest BCUT2D eigenvalue weighted by Gasteiger charge is -2.05. The first kappa shape index (κ1) is 11.2. The third-order valence-electron chi connectivity index (χ3n) is 3.54. The van der Waals surface area contributed by atoms with Crippen LogP contribution >= 0.6 is 0 Å². The van der Waals surface area contributed by atoms with Crippen molar-refractivity contribution in [3.05, 3.63) is 70.6 Å². The van der Waals surface area contributed by atoms with Crippen LogP contribution in [0.4, 0.5) is 4.39 Å². The molecule has 0 amide bonds. The fourth-order valence-electron chi connectivity index (χ4n) is 2.62. The Morgan fingerprint density at radius 1 is 0.800 bits per heavy atom. The van der Waals surface area contributed by atoms with Crippen molar-refractivity contribution in [2.75, 3.05) is 0 Å². The third kappa shape index (κ3) is 1.40. The third-order valence-corrected chi connectivity index (χ3v) is 3.54. The first-order valence-electron chi connectivity index (χ1n) is 6.28. The minimum atomic E-state index is -0.407. The number of halogens is 1. The van der Waals surface area contributed by atoms with Crippen LogP contribution in [0.3, 0.4) is 0 Å². The number of hydrogen-bond acceptors (Lipinski definition) is 2. The van der Waals surface area contributed by atoms with Crippen molar-refractivity contribution in [2.24, 2.45) is 0 Å². The fraction of sp³-hybridized carbons (Fsp3) is 0. The first-order chi connectivity index (χ1) is 9.75. The van der Waals surface area contributed by atoms with E-state index in [2.05, 4.69) is 0 Å². The Labute approximate surface area is 113 Å². The van der Waals surface area contributed by atoms with E-state index >= 15 is 0 Å². The van der Waals surface area contributed by atoms with E-state index in [9.17, 15) is 9.18 Å². The van der Waals surface area contributed by atoms with Gasteiger partial charge in [-0.25, -0.2) is 4.39 Å². The molecule has 1 aromatic heterocycles. The first-order valence-corrected chi connectivity index (χ1v) is 6.28. The summed E-state index contributed by atoms with van der Waals surface area (Å²) < 4.78 is 19.8. The molecule has 0 radical (unpaired) electrons. The lowest BCUT2D eigenvalue weighted by atomic mass is 10.0. The quantitative estimate of drug-likeness (QED) is 0.351. The minimum Gasteiger partial charge on any atom is -0.456 e. The molecule has 4 rings (SSSR count). The second-order valence-corrected chi connectivity index (χ2v) is 4.70. The predicted octanol–water partition coefficient (Wildman–Crippen LogP) is 4.24. The second-order valence-electron chi connectivity index (χ2n) is 4.70. The van der Waals surface area contributed by atoms with Crippen molar-refractivity contribution < 1.29 is 8.81 Å². The summed E-state index contributed by atoms with van der Waals surface area (Å²) in [5.74, 6) is -0.407. The minimum absolute atomic E-state index is 0.197. The van der Waals surface area contributed by atoms with Gasteiger partial charge in [0.05, 0.1) is 10.8 Å². The highest BCUT2D eigenvalue weighted by Crippen LogP contribution is 2.27. The monoisotopic (exact) mass is 264 g/mol. The maximum atomic E-state index is 14.1. The topological polar surface area (TPSA) is 30.2 Å². The second kappa shape index (κ2) is 3.90. The van der Waals surface area contributed by atoms with Gasteiger partial charge in [-0.2, -0.15) is 0 Å². The van der Waals surface area contributed by atoms with Gasteiger partial charge < -0.3 is 4.42 Å². The Bertz CT molecular complexity index is 1030. The van der Waals surface area contributed by atoms with Gasteiger partial charge in [-0.05, 0) is 29.7 Å². The van der Waals surface area contributed by atoms with Gasteiger partial charge >= 0.3 is 0 Å². The molecular formula is C17H9FO2. The Balaban J connectivity index is 2.39. The molecule has 0 saturated heterocycles. The van der Waals surface area contributed by atoms with Gasteiger partial charge in [-0.3, -0.25) is 4.79 Å². The largest absolute Gasteiger partial charge is 0.456 e. The van der Waals surface area contributed by atoms with Crippen LogP contribution in [-0.2, 0) is 0 Å². The molecule has 20 heavy (non-hydrogen) atoms. The summed E-state index contributed by atoms with van der Waals surface area (Å²) in [6, 6.07) is 15.3. The zero-order valence-electron chi connectivity index (χ0n) is 10.4. The molecule has 3 heteroatoms. The summed E-state index contributed by atoms with van der Waals surface area (Å²) in [5.41, 5.74) is 0.726. The van der Waals surface area contributed by atoms with E-state index in [1.807, 2.05) is 0 Å². The van der Waals surface area contributed by atoms with E-state index < -0.39 is 5.82 Å². The van der Waals surface area contributed by atoms with Gasteiger partial charge in [0, 0.05) is 5.39 Å². The van der Waals surface area contributed by atoms with Crippen molar-refractivity contribution in [3.63, 3.8) is 0 Å². The van der Waals surface area contributed by atoms with Crippen LogP contribution in [0, 0.1) is 5.82 Å². The summed E-state index contributed by atoms with van der Waals surface area (Å²) in [6.07, 6.45) is 0. The Morgan fingerprint density at radius 2 is 1.65 bits per heavy atom. The summed E-state index contributed by atoms with van der Waals surface area (Å²) in [5, 5.41) is 1.79. The lowest BCUT2D eigenvalue weighted by molar-refractivity contribution is 0.639. The molecule has 4 aromatic rings. The average molecular weight is 264 g/mol. The van der Waals surface area contributed by atoms with Crippen LogP contribution in [0.5, 0.6) is 0 Å². The maximum absolute atomic E-state index is 14.1. The van der Waals surface area contributed by atoms with Crippen molar-refractivity contribution in [1.82, 2.24) is 0 Å². The van der Waals surface area contributed by atoms with Gasteiger partial charge in [0.15, 0.2) is 0 Å². The van der Waals surface area contributed by atoms with E-state index in [4.69, 9.17) is 4.42 Å². The Hall–Kier alpha value is -2.68. The molecule has 96 valence electrons. The SMILES string of the molecule is O=c1c2ccccc2oc2ccc3cccc(F)c3c12. The van der Waals surface area contributed by atoms with Gasteiger partial charge in [0.2, 0.25) is 5.43 Å². The highest BCUT2D eigenvalue weighted by molar-refractivity contribution is 6.08. The van der Waals surface area contributed by atoms with E-state index in [1.165, 1.54) is 6.07 Å². The van der Waals surface area contributed by atoms with Crippen LogP contribution in [-0.4, -0.2) is 0 Å². The molecule has 0 aliphatic carbocycles. The van der Waals surface area contributed by atoms with Crippen molar-refractivity contribution in [3.8, 4) is 0 Å². The number of fused-ring (bicyclic) bond motifs is 4. The van der Waals surface area contributed by atoms with Crippen molar-refractivity contribution in [1.29, 1.82) is 0 Å². The number of benzene rings is 3. The Kier molecular flexibility index (Phi) is 2.18. The molecule has 0 bridgehead atoms. The number of hydrogen-bond donors (Lipinski definition) is 0. The van der Waals surface area contributed by atoms with Gasteiger partial charge in [0.25, 0.3) is 0 Å². The molecule has 0 spiro atoms. The normalized spacial score (nSPS) is 11.4. The van der Waals surface area contributed by atoms with E-state index in [0.29, 0.717) is 32.7 Å². The molecule has 1 heterocycles. The molecule has 0 fully saturated rings. The van der Waals surface area contributed by atoms with E-state index in [1.54, 1.807) is 48.5 Å². The molecule has 0 N–H and O–H groups in total. The smallest absolute Gasteiger partial charge is 0.201 e. The summed E-state index contributed by atoms with van der Waals surface area (Å²) in [6.45, 7) is 0. The molecular weight excluding hydrogens is 255 g/mol. The predicted molar refractivity (Wildman–Crippen MR) is 77.5 cm³/mol. The van der Waals surface area contributed by atoms with Gasteiger partial charge in [-0.1, -0.05) is 30.3 Å². The van der Waals surface area contributed by atoms with Crippen LogP contribution < -0.4 is 5.43 Å². The molecule has 0 atom stereocenters. The summed E-state index contributed by atoms with van der Waals surface area (Å²) in [7, 11) is 0.